The van der Waals surface area contributed by atoms with E-state index in [4.69, 9.17) is 9.47 Å². The molecule has 2 atom stereocenters. The predicted octanol–water partition coefficient (Wildman–Crippen LogP) is 5.95. The molecule has 0 spiro atoms. The summed E-state index contributed by atoms with van der Waals surface area (Å²) in [4.78, 5) is 11.1. The van der Waals surface area contributed by atoms with Crippen molar-refractivity contribution in [2.45, 2.75) is 79.4 Å². The standard InChI is InChI=1S/C23H38O4/c1-8-22(26-15-9-10-21(24)25-7)27-19-13-11-18(12-14-19)20(17(2)3)16-23(4,5)6/h11-14,17,20,22H,8-10,15-16H2,1-7H3. The second kappa shape index (κ2) is 11.3. The average molecular weight is 379 g/mol. The Balaban J connectivity index is 2.61. The predicted molar refractivity (Wildman–Crippen MR) is 110 cm³/mol. The van der Waals surface area contributed by atoms with Gasteiger partial charge in [0.05, 0.1) is 13.7 Å². The van der Waals surface area contributed by atoms with E-state index in [1.165, 1.54) is 12.7 Å². The van der Waals surface area contributed by atoms with Gasteiger partial charge in [-0.25, -0.2) is 0 Å². The van der Waals surface area contributed by atoms with Gasteiger partial charge >= 0.3 is 5.97 Å². The average Bonchev–Trinajstić information content (AvgIpc) is 2.61. The highest BCUT2D eigenvalue weighted by molar-refractivity contribution is 5.68. The Labute approximate surface area is 165 Å². The van der Waals surface area contributed by atoms with E-state index in [2.05, 4.69) is 51.5 Å². The molecule has 154 valence electrons. The molecule has 2 unspecified atom stereocenters. The third kappa shape index (κ3) is 9.28. The Morgan fingerprint density at radius 3 is 2.22 bits per heavy atom. The highest BCUT2D eigenvalue weighted by Crippen LogP contribution is 2.36. The molecule has 1 rings (SSSR count). The van der Waals surface area contributed by atoms with Gasteiger partial charge in [-0.1, -0.05) is 53.7 Å². The number of ether oxygens (including phenoxy) is 3. The van der Waals surface area contributed by atoms with Gasteiger partial charge < -0.3 is 14.2 Å². The number of esters is 1. The van der Waals surface area contributed by atoms with Gasteiger partial charge in [-0.2, -0.15) is 0 Å². The molecule has 0 saturated carbocycles. The van der Waals surface area contributed by atoms with Crippen LogP contribution in [0.15, 0.2) is 24.3 Å². The third-order valence-corrected chi connectivity index (χ3v) is 4.60. The van der Waals surface area contributed by atoms with Crippen LogP contribution >= 0.6 is 0 Å². The zero-order chi connectivity index (χ0) is 20.4. The molecule has 0 bridgehead atoms. The number of carbonyl (C=O) groups excluding carboxylic acids is 1. The topological polar surface area (TPSA) is 44.8 Å². The number of hydrogen-bond acceptors (Lipinski definition) is 4. The molecular formula is C23H38O4. The van der Waals surface area contributed by atoms with Gasteiger partial charge in [0.25, 0.3) is 0 Å². The monoisotopic (exact) mass is 378 g/mol. The Morgan fingerprint density at radius 2 is 1.74 bits per heavy atom. The lowest BCUT2D eigenvalue weighted by Crippen LogP contribution is -2.20. The van der Waals surface area contributed by atoms with Crippen molar-refractivity contribution in [3.63, 3.8) is 0 Å². The molecule has 27 heavy (non-hydrogen) atoms. The van der Waals surface area contributed by atoms with Crippen LogP contribution in [-0.2, 0) is 14.3 Å². The van der Waals surface area contributed by atoms with E-state index in [1.807, 2.05) is 19.1 Å². The Morgan fingerprint density at radius 1 is 1.11 bits per heavy atom. The fraction of sp³-hybridized carbons (Fsp3) is 0.696. The Kier molecular flexibility index (Phi) is 9.86. The third-order valence-electron chi connectivity index (χ3n) is 4.60. The summed E-state index contributed by atoms with van der Waals surface area (Å²) in [7, 11) is 1.40. The van der Waals surface area contributed by atoms with Gasteiger partial charge in [-0.05, 0) is 47.8 Å². The van der Waals surface area contributed by atoms with E-state index in [9.17, 15) is 4.79 Å². The lowest BCUT2D eigenvalue weighted by molar-refractivity contribution is -0.141. The van der Waals surface area contributed by atoms with Crippen LogP contribution < -0.4 is 4.74 Å². The molecule has 0 aliphatic heterocycles. The van der Waals surface area contributed by atoms with Crippen LogP contribution in [0.2, 0.25) is 0 Å². The number of benzene rings is 1. The number of rotatable bonds is 11. The van der Waals surface area contributed by atoms with Crippen molar-refractivity contribution >= 4 is 5.97 Å². The SMILES string of the molecule is CCC(OCCCC(=O)OC)Oc1ccc(C(CC(C)(C)C)C(C)C)cc1. The maximum Gasteiger partial charge on any atom is 0.305 e. The minimum Gasteiger partial charge on any atom is -0.469 e. The summed E-state index contributed by atoms with van der Waals surface area (Å²) in [6.45, 7) is 14.0. The molecule has 0 N–H and O–H groups in total. The zero-order valence-electron chi connectivity index (χ0n) is 18.2. The van der Waals surface area contributed by atoms with E-state index in [0.29, 0.717) is 36.7 Å². The van der Waals surface area contributed by atoms with Crippen molar-refractivity contribution in [2.24, 2.45) is 11.3 Å². The second-order valence-electron chi connectivity index (χ2n) is 8.69. The van der Waals surface area contributed by atoms with Gasteiger partial charge in [0, 0.05) is 12.8 Å². The van der Waals surface area contributed by atoms with Crippen LogP contribution in [0.25, 0.3) is 0 Å². The normalized spacial score (nSPS) is 14.1. The van der Waals surface area contributed by atoms with Crippen LogP contribution in [0.4, 0.5) is 0 Å². The van der Waals surface area contributed by atoms with Crippen molar-refractivity contribution < 1.29 is 19.0 Å². The van der Waals surface area contributed by atoms with Crippen LogP contribution in [0.1, 0.15) is 78.7 Å². The smallest absolute Gasteiger partial charge is 0.305 e. The van der Waals surface area contributed by atoms with Crippen molar-refractivity contribution in [2.75, 3.05) is 13.7 Å². The summed E-state index contributed by atoms with van der Waals surface area (Å²) >= 11 is 0. The van der Waals surface area contributed by atoms with Gasteiger partial charge in [0.15, 0.2) is 6.29 Å². The van der Waals surface area contributed by atoms with Gasteiger partial charge in [-0.3, -0.25) is 4.79 Å². The van der Waals surface area contributed by atoms with Crippen molar-refractivity contribution in [3.8, 4) is 5.75 Å². The van der Waals surface area contributed by atoms with E-state index >= 15 is 0 Å². The molecule has 0 aliphatic carbocycles. The van der Waals surface area contributed by atoms with E-state index in [1.54, 1.807) is 0 Å². The quantitative estimate of drug-likeness (QED) is 0.271. The Bertz CT molecular complexity index is 542. The first-order valence-electron chi connectivity index (χ1n) is 10.1. The Hall–Kier alpha value is -1.55. The van der Waals surface area contributed by atoms with Crippen molar-refractivity contribution in [1.29, 1.82) is 0 Å². The molecule has 0 amide bonds. The second-order valence-corrected chi connectivity index (χ2v) is 8.69. The molecule has 0 saturated heterocycles. The van der Waals surface area contributed by atoms with Crippen LogP contribution in [0.5, 0.6) is 5.75 Å². The van der Waals surface area contributed by atoms with Gasteiger partial charge in [-0.15, -0.1) is 0 Å². The molecule has 0 aromatic heterocycles. The van der Waals surface area contributed by atoms with Crippen LogP contribution in [0, 0.1) is 11.3 Å². The van der Waals surface area contributed by atoms with Crippen molar-refractivity contribution in [1.82, 2.24) is 0 Å². The minimum absolute atomic E-state index is 0.210. The summed E-state index contributed by atoms with van der Waals surface area (Å²) in [6, 6.07) is 8.42. The molecule has 1 aromatic carbocycles. The molecule has 0 fully saturated rings. The maximum absolute atomic E-state index is 11.1. The van der Waals surface area contributed by atoms with Gasteiger partial charge in [0.1, 0.15) is 5.75 Å². The lowest BCUT2D eigenvalue weighted by atomic mass is 9.76. The lowest BCUT2D eigenvalue weighted by Gasteiger charge is -2.29. The van der Waals surface area contributed by atoms with Crippen LogP contribution in [-0.4, -0.2) is 26.0 Å². The number of hydrogen-bond donors (Lipinski definition) is 0. The van der Waals surface area contributed by atoms with E-state index < -0.39 is 0 Å². The van der Waals surface area contributed by atoms with Crippen LogP contribution in [0.3, 0.4) is 0 Å². The summed E-state index contributed by atoms with van der Waals surface area (Å²) in [6.07, 6.45) is 2.61. The minimum atomic E-state index is -0.302. The summed E-state index contributed by atoms with van der Waals surface area (Å²) < 4.78 is 16.3. The molecule has 0 heterocycles. The van der Waals surface area contributed by atoms with E-state index in [-0.39, 0.29) is 12.3 Å². The molecule has 1 aromatic rings. The molecule has 0 radical (unpaired) electrons. The maximum atomic E-state index is 11.1. The molecule has 4 heteroatoms. The first kappa shape index (κ1) is 23.5. The highest BCUT2D eigenvalue weighted by atomic mass is 16.7. The highest BCUT2D eigenvalue weighted by Gasteiger charge is 2.23. The fourth-order valence-electron chi connectivity index (χ4n) is 3.11. The molecule has 0 aliphatic rings. The molecule has 4 nitrogen and oxygen atoms in total. The zero-order valence-corrected chi connectivity index (χ0v) is 18.2. The number of methoxy groups -OCH3 is 1. The van der Waals surface area contributed by atoms with E-state index in [0.717, 1.165) is 18.6 Å². The number of carbonyl (C=O) groups is 1. The fourth-order valence-corrected chi connectivity index (χ4v) is 3.11. The first-order chi connectivity index (χ1) is 12.7. The summed E-state index contributed by atoms with van der Waals surface area (Å²) in [5.41, 5.74) is 1.66. The summed E-state index contributed by atoms with van der Waals surface area (Å²) in [5.74, 6) is 1.74. The van der Waals surface area contributed by atoms with Gasteiger partial charge in [0.2, 0.25) is 0 Å². The van der Waals surface area contributed by atoms with Crippen molar-refractivity contribution in [3.05, 3.63) is 29.8 Å². The summed E-state index contributed by atoms with van der Waals surface area (Å²) in [5, 5.41) is 0. The first-order valence-corrected chi connectivity index (χ1v) is 10.1. The largest absolute Gasteiger partial charge is 0.469 e. The molecular weight excluding hydrogens is 340 g/mol.